The van der Waals surface area contributed by atoms with E-state index in [4.69, 9.17) is 17.6 Å². The minimum atomic E-state index is -0.784. The van der Waals surface area contributed by atoms with Crippen LogP contribution < -0.4 is 10.6 Å². The van der Waals surface area contributed by atoms with Crippen molar-refractivity contribution in [2.45, 2.75) is 18.3 Å². The minimum Gasteiger partial charge on any atom is -0.340 e. The molecule has 140 valence electrons. The van der Waals surface area contributed by atoms with Crippen molar-refractivity contribution in [3.05, 3.63) is 21.4 Å². The van der Waals surface area contributed by atoms with E-state index in [0.717, 1.165) is 11.5 Å². The molecule has 0 aromatic carbocycles. The van der Waals surface area contributed by atoms with Gasteiger partial charge in [0.25, 0.3) is 5.91 Å². The van der Waals surface area contributed by atoms with Crippen molar-refractivity contribution in [3.8, 4) is 0 Å². The van der Waals surface area contributed by atoms with Gasteiger partial charge < -0.3 is 10.6 Å². The standard InChI is InChI=1S/C13H15N5O5S3/c1-5(3-6(19)23-22-2)4-25-12-8(11(21)17-12)15-10(20)7(14)9-16-13(24)26-18-9/h3,8,12,14H,4H2,1-2H3,(H,15,20)(H,17,21)(H,16,18,24)/b5-3+,14-7?. The first kappa shape index (κ1) is 20.2. The highest BCUT2D eigenvalue weighted by Crippen LogP contribution is 2.22. The first-order valence-corrected chi connectivity index (χ1v) is 9.38. The average molecular weight is 417 g/mol. The summed E-state index contributed by atoms with van der Waals surface area (Å²) in [6.45, 7) is 1.72. The van der Waals surface area contributed by atoms with E-state index >= 15 is 0 Å². The van der Waals surface area contributed by atoms with Crippen LogP contribution in [0.4, 0.5) is 0 Å². The van der Waals surface area contributed by atoms with Gasteiger partial charge >= 0.3 is 5.97 Å². The molecule has 2 amide bonds. The fourth-order valence-corrected chi connectivity index (χ4v) is 3.66. The first-order valence-electron chi connectivity index (χ1n) is 7.11. The van der Waals surface area contributed by atoms with Gasteiger partial charge in [-0.3, -0.25) is 24.3 Å². The maximum Gasteiger partial charge on any atom is 0.365 e. The van der Waals surface area contributed by atoms with Crippen molar-refractivity contribution in [2.24, 2.45) is 0 Å². The number of aromatic nitrogens is 2. The number of carbonyl (C=O) groups is 3. The molecule has 1 aliphatic rings. The number of rotatable bonds is 8. The van der Waals surface area contributed by atoms with Crippen molar-refractivity contribution >= 4 is 59.0 Å². The van der Waals surface area contributed by atoms with Crippen LogP contribution in [-0.2, 0) is 24.2 Å². The van der Waals surface area contributed by atoms with E-state index in [1.54, 1.807) is 6.92 Å². The molecule has 2 rings (SSSR count). The molecule has 1 saturated heterocycles. The zero-order valence-corrected chi connectivity index (χ0v) is 16.1. The lowest BCUT2D eigenvalue weighted by atomic mass is 10.1. The number of nitrogens with one attached hydrogen (secondary N) is 4. The molecule has 4 N–H and O–H groups in total. The Labute approximate surface area is 161 Å². The molecule has 26 heavy (non-hydrogen) atoms. The van der Waals surface area contributed by atoms with Gasteiger partial charge in [0.1, 0.15) is 11.4 Å². The van der Waals surface area contributed by atoms with Crippen LogP contribution in [0.2, 0.25) is 0 Å². The normalized spacial score (nSPS) is 19.3. The summed E-state index contributed by atoms with van der Waals surface area (Å²) in [4.78, 5) is 47.5. The van der Waals surface area contributed by atoms with Gasteiger partial charge in [-0.25, -0.2) is 9.78 Å². The predicted octanol–water partition coefficient (Wildman–Crippen LogP) is 0.293. The number of hydrogen-bond acceptors (Lipinski definition) is 10. The molecule has 0 spiro atoms. The van der Waals surface area contributed by atoms with E-state index < -0.39 is 23.6 Å². The first-order chi connectivity index (χ1) is 12.3. The number of β-lactam (4-membered cyclic amide) rings is 1. The molecule has 2 atom stereocenters. The number of thioether (sulfide) groups is 1. The van der Waals surface area contributed by atoms with Crippen molar-refractivity contribution < 1.29 is 24.2 Å². The molecule has 1 fully saturated rings. The van der Waals surface area contributed by atoms with E-state index in [1.807, 2.05) is 0 Å². The Kier molecular flexibility index (Phi) is 7.02. The molecule has 0 aliphatic carbocycles. The van der Waals surface area contributed by atoms with Crippen LogP contribution in [0.15, 0.2) is 11.6 Å². The topological polar surface area (TPSA) is 146 Å². The molecule has 10 nitrogen and oxygen atoms in total. The van der Waals surface area contributed by atoms with Gasteiger partial charge in [0, 0.05) is 11.8 Å². The van der Waals surface area contributed by atoms with Crippen LogP contribution in [0.5, 0.6) is 0 Å². The zero-order valence-electron chi connectivity index (χ0n) is 13.7. The smallest absolute Gasteiger partial charge is 0.340 e. The van der Waals surface area contributed by atoms with E-state index in [2.05, 4.69) is 29.8 Å². The third kappa shape index (κ3) is 5.20. The van der Waals surface area contributed by atoms with Crippen LogP contribution in [0.25, 0.3) is 0 Å². The van der Waals surface area contributed by atoms with Crippen LogP contribution >= 0.6 is 35.5 Å². The van der Waals surface area contributed by atoms with Gasteiger partial charge in [0.2, 0.25) is 5.91 Å². The Balaban J connectivity index is 1.88. The van der Waals surface area contributed by atoms with E-state index in [0.29, 0.717) is 11.3 Å². The second-order valence-corrected chi connectivity index (χ2v) is 7.63. The number of carbonyl (C=O) groups excluding carboxylic acids is 3. The minimum absolute atomic E-state index is 0.0527. The van der Waals surface area contributed by atoms with Crippen LogP contribution in [0.1, 0.15) is 12.7 Å². The Morgan fingerprint density at radius 2 is 2.27 bits per heavy atom. The fourth-order valence-electron chi connectivity index (χ4n) is 1.86. The summed E-state index contributed by atoms with van der Waals surface area (Å²) in [5.74, 6) is -1.25. The van der Waals surface area contributed by atoms with Crippen LogP contribution in [0, 0.1) is 9.36 Å². The Morgan fingerprint density at radius 1 is 1.54 bits per heavy atom. The lowest BCUT2D eigenvalue weighted by Crippen LogP contribution is -2.68. The molecule has 0 saturated carbocycles. The second kappa shape index (κ2) is 9.02. The molecule has 2 unspecified atom stereocenters. The SMILES string of the molecule is COOC(=O)/C=C(\C)CSC1NC(=O)C1NC(=O)C(=N)c1nc(=S)s[nH]1. The summed E-state index contributed by atoms with van der Waals surface area (Å²) in [5.41, 5.74) is 0.297. The van der Waals surface area contributed by atoms with Gasteiger partial charge in [-0.1, -0.05) is 5.57 Å². The van der Waals surface area contributed by atoms with Gasteiger partial charge in [-0.05, 0) is 30.7 Å². The molecule has 0 bridgehead atoms. The predicted molar refractivity (Wildman–Crippen MR) is 97.3 cm³/mol. The van der Waals surface area contributed by atoms with Gasteiger partial charge in [-0.2, -0.15) is 4.89 Å². The Bertz CT molecular complexity index is 817. The number of H-pyrrole nitrogens is 1. The number of aromatic amines is 1. The maximum atomic E-state index is 12.1. The van der Waals surface area contributed by atoms with Gasteiger partial charge in [0.05, 0.1) is 7.11 Å². The molecule has 1 aromatic heterocycles. The van der Waals surface area contributed by atoms with Crippen molar-refractivity contribution in [1.29, 1.82) is 5.41 Å². The van der Waals surface area contributed by atoms with Gasteiger partial charge in [-0.15, -0.1) is 11.8 Å². The molecule has 13 heteroatoms. The molecular weight excluding hydrogens is 402 g/mol. The maximum absolute atomic E-state index is 12.1. The number of hydrogen-bond donors (Lipinski definition) is 4. The molecule has 1 aromatic rings. The second-order valence-electron chi connectivity index (χ2n) is 5.06. The third-order valence-electron chi connectivity index (χ3n) is 3.08. The average Bonchev–Trinajstić information content (AvgIpc) is 3.01. The lowest BCUT2D eigenvalue weighted by molar-refractivity contribution is -0.249. The van der Waals surface area contributed by atoms with E-state index in [1.165, 1.54) is 24.9 Å². The van der Waals surface area contributed by atoms with Crippen LogP contribution in [0.3, 0.4) is 0 Å². The molecule has 2 heterocycles. The Hall–Kier alpha value is -2.09. The van der Waals surface area contributed by atoms with Crippen molar-refractivity contribution in [3.63, 3.8) is 0 Å². The molecule has 0 radical (unpaired) electrons. The van der Waals surface area contributed by atoms with Crippen LogP contribution in [-0.4, -0.2) is 57.1 Å². The monoisotopic (exact) mass is 417 g/mol. The molecule has 1 aliphatic heterocycles. The highest BCUT2D eigenvalue weighted by atomic mass is 32.2. The summed E-state index contributed by atoms with van der Waals surface area (Å²) in [5, 5.41) is 12.6. The number of amides is 2. The summed E-state index contributed by atoms with van der Waals surface area (Å²) < 4.78 is 2.94. The van der Waals surface area contributed by atoms with E-state index in [-0.39, 0.29) is 21.1 Å². The largest absolute Gasteiger partial charge is 0.365 e. The van der Waals surface area contributed by atoms with E-state index in [9.17, 15) is 14.4 Å². The molecular formula is C13H15N5O5S3. The third-order valence-corrected chi connectivity index (χ3v) is 5.35. The fraction of sp³-hybridized carbons (Fsp3) is 0.385. The summed E-state index contributed by atoms with van der Waals surface area (Å²) in [7, 11) is 1.23. The Morgan fingerprint density at radius 3 is 2.85 bits per heavy atom. The summed E-state index contributed by atoms with van der Waals surface area (Å²) in [6, 6.07) is -0.784. The number of nitrogens with zero attached hydrogens (tertiary/aromatic N) is 1. The summed E-state index contributed by atoms with van der Waals surface area (Å²) >= 11 is 7.19. The van der Waals surface area contributed by atoms with Crippen molar-refractivity contribution in [2.75, 3.05) is 12.9 Å². The zero-order chi connectivity index (χ0) is 19.3. The van der Waals surface area contributed by atoms with Gasteiger partial charge in [0.15, 0.2) is 15.5 Å². The van der Waals surface area contributed by atoms with Crippen molar-refractivity contribution in [1.82, 2.24) is 20.0 Å². The quantitative estimate of drug-likeness (QED) is 0.118. The lowest BCUT2D eigenvalue weighted by Gasteiger charge is -2.36. The highest BCUT2D eigenvalue weighted by molar-refractivity contribution is 8.00. The highest BCUT2D eigenvalue weighted by Gasteiger charge is 2.41. The summed E-state index contributed by atoms with van der Waals surface area (Å²) in [6.07, 6.45) is 1.27.